The molecule has 1 aliphatic rings. The van der Waals surface area contributed by atoms with Crippen molar-refractivity contribution in [2.45, 2.75) is 39.0 Å². The smallest absolute Gasteiger partial charge is 0.228 e. The third-order valence-corrected chi connectivity index (χ3v) is 5.02. The molecule has 25 heavy (non-hydrogen) atoms. The lowest BCUT2D eigenvalue weighted by atomic mass is 10.1. The van der Waals surface area contributed by atoms with Gasteiger partial charge in [0, 0.05) is 18.5 Å². The van der Waals surface area contributed by atoms with Crippen molar-refractivity contribution in [3.63, 3.8) is 0 Å². The predicted molar refractivity (Wildman–Crippen MR) is 99.8 cm³/mol. The topological polar surface area (TPSA) is 46.4 Å². The number of aromatic nitrogens is 2. The number of hydrogen-bond donors (Lipinski definition) is 1. The molecule has 128 valence electrons. The first-order valence-electron chi connectivity index (χ1n) is 9.03. The number of imidazole rings is 1. The summed E-state index contributed by atoms with van der Waals surface area (Å²) in [6.07, 6.45) is 7.05. The first-order chi connectivity index (χ1) is 12.2. The number of pyridine rings is 1. The van der Waals surface area contributed by atoms with Crippen LogP contribution in [0.2, 0.25) is 0 Å². The van der Waals surface area contributed by atoms with Crippen LogP contribution in [0.3, 0.4) is 0 Å². The second-order valence-electron chi connectivity index (χ2n) is 6.97. The number of carbonyl (C=O) groups is 1. The van der Waals surface area contributed by atoms with Crippen LogP contribution in [0.4, 0.5) is 5.82 Å². The van der Waals surface area contributed by atoms with Crippen molar-refractivity contribution in [1.29, 1.82) is 0 Å². The summed E-state index contributed by atoms with van der Waals surface area (Å²) in [5, 5.41) is 3.18. The van der Waals surface area contributed by atoms with E-state index in [9.17, 15) is 4.79 Å². The van der Waals surface area contributed by atoms with Crippen LogP contribution < -0.4 is 5.32 Å². The summed E-state index contributed by atoms with van der Waals surface area (Å²) in [7, 11) is 0. The molecule has 1 amide bonds. The van der Waals surface area contributed by atoms with Gasteiger partial charge in [-0.25, -0.2) is 4.98 Å². The van der Waals surface area contributed by atoms with Crippen LogP contribution in [0.1, 0.15) is 42.5 Å². The van der Waals surface area contributed by atoms with E-state index in [1.807, 2.05) is 34.9 Å². The molecule has 0 bridgehead atoms. The van der Waals surface area contributed by atoms with Crippen LogP contribution >= 0.6 is 0 Å². The fraction of sp³-hybridized carbons (Fsp3) is 0.333. The molecule has 4 rings (SSSR count). The van der Waals surface area contributed by atoms with Gasteiger partial charge in [-0.3, -0.25) is 9.20 Å². The van der Waals surface area contributed by atoms with E-state index in [0.29, 0.717) is 6.42 Å². The third-order valence-electron chi connectivity index (χ3n) is 5.02. The monoisotopic (exact) mass is 333 g/mol. The molecule has 4 nitrogen and oxygen atoms in total. The van der Waals surface area contributed by atoms with Crippen molar-refractivity contribution in [3.8, 4) is 0 Å². The molecular weight excluding hydrogens is 310 g/mol. The van der Waals surface area contributed by atoms with Crippen molar-refractivity contribution in [2.24, 2.45) is 5.92 Å². The fourth-order valence-corrected chi connectivity index (χ4v) is 3.65. The van der Waals surface area contributed by atoms with Gasteiger partial charge in [-0.2, -0.15) is 0 Å². The maximum absolute atomic E-state index is 12.7. The van der Waals surface area contributed by atoms with E-state index in [-0.39, 0.29) is 11.8 Å². The van der Waals surface area contributed by atoms with E-state index < -0.39 is 0 Å². The van der Waals surface area contributed by atoms with E-state index >= 15 is 0 Å². The number of benzene rings is 1. The lowest BCUT2D eigenvalue weighted by Crippen LogP contribution is -2.22. The Balaban J connectivity index is 1.71. The molecule has 0 saturated heterocycles. The number of hydrogen-bond acceptors (Lipinski definition) is 2. The lowest BCUT2D eigenvalue weighted by Gasteiger charge is -2.12. The average molecular weight is 333 g/mol. The van der Waals surface area contributed by atoms with Crippen molar-refractivity contribution in [3.05, 3.63) is 65.5 Å². The molecule has 0 radical (unpaired) electrons. The molecular formula is C21H23N3O. The molecule has 4 heteroatoms. The zero-order chi connectivity index (χ0) is 17.2. The van der Waals surface area contributed by atoms with Gasteiger partial charge in [-0.05, 0) is 37.0 Å². The Hall–Kier alpha value is -2.62. The highest BCUT2D eigenvalue weighted by atomic mass is 16.2. The first-order valence-corrected chi connectivity index (χ1v) is 9.03. The van der Waals surface area contributed by atoms with Gasteiger partial charge in [0.2, 0.25) is 5.91 Å². The molecule has 0 spiro atoms. The summed E-state index contributed by atoms with van der Waals surface area (Å²) < 4.78 is 2.01. The number of nitrogens with zero attached hydrogens (tertiary/aromatic N) is 2. The average Bonchev–Trinajstić information content (AvgIpc) is 3.25. The minimum atomic E-state index is 0.134. The van der Waals surface area contributed by atoms with E-state index in [4.69, 9.17) is 4.98 Å². The van der Waals surface area contributed by atoms with Gasteiger partial charge >= 0.3 is 0 Å². The minimum absolute atomic E-state index is 0.134. The largest absolute Gasteiger partial charge is 0.310 e. The van der Waals surface area contributed by atoms with Crippen molar-refractivity contribution in [1.82, 2.24) is 9.38 Å². The molecule has 2 aromatic heterocycles. The predicted octanol–water partition coefficient (Wildman–Crippen LogP) is 4.36. The lowest BCUT2D eigenvalue weighted by molar-refractivity contribution is -0.119. The van der Waals surface area contributed by atoms with E-state index in [1.165, 1.54) is 5.56 Å². The molecule has 0 atom stereocenters. The molecule has 1 aromatic carbocycles. The molecule has 3 aromatic rings. The number of nitrogens with one attached hydrogen (secondary N) is 1. The maximum Gasteiger partial charge on any atom is 0.228 e. The van der Waals surface area contributed by atoms with Crippen molar-refractivity contribution >= 4 is 17.4 Å². The van der Waals surface area contributed by atoms with Crippen LogP contribution in [0.25, 0.3) is 5.65 Å². The third kappa shape index (κ3) is 3.29. The Bertz CT molecular complexity index is 892. The Morgan fingerprint density at radius 2 is 1.92 bits per heavy atom. The van der Waals surface area contributed by atoms with Gasteiger partial charge in [0.15, 0.2) is 0 Å². The summed E-state index contributed by atoms with van der Waals surface area (Å²) in [6, 6.07) is 14.3. The number of carbonyl (C=O) groups excluding carboxylic acids is 1. The van der Waals surface area contributed by atoms with Gasteiger partial charge in [0.1, 0.15) is 11.5 Å². The van der Waals surface area contributed by atoms with E-state index in [1.54, 1.807) is 0 Å². The van der Waals surface area contributed by atoms with E-state index in [2.05, 4.69) is 30.4 Å². The minimum Gasteiger partial charge on any atom is -0.310 e. The molecule has 1 fully saturated rings. The van der Waals surface area contributed by atoms with Crippen LogP contribution in [-0.4, -0.2) is 15.3 Å². The standard InChI is InChI=1S/C21H23N3O/c1-15-11-12-19-22-18(13-16-7-3-2-4-8-16)20(24(19)14-15)23-21(25)17-9-5-6-10-17/h2-4,7-8,11-12,14,17H,5-6,9-10,13H2,1H3,(H,23,25). The summed E-state index contributed by atoms with van der Waals surface area (Å²) in [4.78, 5) is 17.5. The molecule has 1 saturated carbocycles. The first kappa shape index (κ1) is 15.9. The fourth-order valence-electron chi connectivity index (χ4n) is 3.65. The normalized spacial score (nSPS) is 14.9. The van der Waals surface area contributed by atoms with Gasteiger partial charge < -0.3 is 5.32 Å². The van der Waals surface area contributed by atoms with Crippen LogP contribution in [0.5, 0.6) is 0 Å². The van der Waals surface area contributed by atoms with Gasteiger partial charge in [-0.15, -0.1) is 0 Å². The Morgan fingerprint density at radius 1 is 1.16 bits per heavy atom. The zero-order valence-corrected chi connectivity index (χ0v) is 14.5. The van der Waals surface area contributed by atoms with Gasteiger partial charge in [0.25, 0.3) is 0 Å². The second-order valence-corrected chi connectivity index (χ2v) is 6.97. The Morgan fingerprint density at radius 3 is 2.68 bits per heavy atom. The number of aryl methyl sites for hydroxylation is 1. The van der Waals surface area contributed by atoms with Crippen LogP contribution in [0.15, 0.2) is 48.7 Å². The Labute approximate surface area is 147 Å². The van der Waals surface area contributed by atoms with Gasteiger partial charge in [-0.1, -0.05) is 49.2 Å². The summed E-state index contributed by atoms with van der Waals surface area (Å²) in [5.74, 6) is 1.09. The number of fused-ring (bicyclic) bond motifs is 1. The Kier molecular flexibility index (Phi) is 4.26. The highest BCUT2D eigenvalue weighted by molar-refractivity contribution is 5.93. The molecule has 1 aliphatic carbocycles. The molecule has 2 heterocycles. The van der Waals surface area contributed by atoms with Crippen LogP contribution in [-0.2, 0) is 11.2 Å². The van der Waals surface area contributed by atoms with E-state index in [0.717, 1.165) is 48.4 Å². The van der Waals surface area contributed by atoms with Crippen LogP contribution in [0, 0.1) is 12.8 Å². The SMILES string of the molecule is Cc1ccc2nc(Cc3ccccc3)c(NC(=O)C3CCCC3)n2c1. The molecule has 1 N–H and O–H groups in total. The zero-order valence-electron chi connectivity index (χ0n) is 14.5. The highest BCUT2D eigenvalue weighted by Gasteiger charge is 2.25. The van der Waals surface area contributed by atoms with Crippen molar-refractivity contribution in [2.75, 3.05) is 5.32 Å². The molecule has 0 unspecified atom stereocenters. The summed E-state index contributed by atoms with van der Waals surface area (Å²) in [6.45, 7) is 2.05. The summed E-state index contributed by atoms with van der Waals surface area (Å²) >= 11 is 0. The van der Waals surface area contributed by atoms with Crippen molar-refractivity contribution < 1.29 is 4.79 Å². The number of amides is 1. The maximum atomic E-state index is 12.7. The van der Waals surface area contributed by atoms with Gasteiger partial charge in [0.05, 0.1) is 5.69 Å². The quantitative estimate of drug-likeness (QED) is 0.771. The summed E-state index contributed by atoms with van der Waals surface area (Å²) in [5.41, 5.74) is 4.13. The number of anilines is 1. The molecule has 0 aliphatic heterocycles. The highest BCUT2D eigenvalue weighted by Crippen LogP contribution is 2.28. The second kappa shape index (κ2) is 6.71. The number of rotatable bonds is 4.